The Balaban J connectivity index is 2.53. The molecule has 32 heavy (non-hydrogen) atoms. The normalized spacial score (nSPS) is 11.4. The lowest BCUT2D eigenvalue weighted by Crippen LogP contribution is -2.37. The largest absolute Gasteiger partial charge is 0.485 e. The number of anilines is 1. The number of carbonyl (C=O) groups is 1. The van der Waals surface area contributed by atoms with Crippen molar-refractivity contribution in [3.63, 3.8) is 0 Å². The number of rotatable bonds is 13. The van der Waals surface area contributed by atoms with Gasteiger partial charge < -0.3 is 24.5 Å². The summed E-state index contributed by atoms with van der Waals surface area (Å²) in [6.45, 7) is 3.63. The van der Waals surface area contributed by atoms with E-state index >= 15 is 0 Å². The smallest absolute Gasteiger partial charge is 0.335 e. The Bertz CT molecular complexity index is 848. The van der Waals surface area contributed by atoms with Crippen LogP contribution < -0.4 is 9.64 Å². The molecule has 2 rings (SSSR count). The van der Waals surface area contributed by atoms with E-state index < -0.39 is 5.97 Å². The summed E-state index contributed by atoms with van der Waals surface area (Å²) in [5.41, 5.74) is 2.14. The Morgan fingerprint density at radius 2 is 1.50 bits per heavy atom. The molecule has 2 aromatic carbocycles. The number of benzene rings is 2. The standard InChI is InChI=1S/C24H36N4O3S/c1-25(2)12-14-28(15-13-26(3)4)21-16-20(24(29)30)17-22(32-27(5)6)23(21)31-18-19-10-8-7-9-11-19/h7-11,16-17H,12-15,18H2,1-6H3,(H,29,30). The van der Waals surface area contributed by atoms with Crippen LogP contribution in [0.4, 0.5) is 5.69 Å². The molecule has 0 saturated heterocycles. The maximum Gasteiger partial charge on any atom is 0.335 e. The van der Waals surface area contributed by atoms with Gasteiger partial charge in [0.2, 0.25) is 0 Å². The lowest BCUT2D eigenvalue weighted by Gasteiger charge is -2.30. The molecule has 7 nitrogen and oxygen atoms in total. The van der Waals surface area contributed by atoms with Gasteiger partial charge in [-0.05, 0) is 71.9 Å². The molecule has 2 aromatic rings. The summed E-state index contributed by atoms with van der Waals surface area (Å²) in [5.74, 6) is -0.225. The Morgan fingerprint density at radius 3 is 2.00 bits per heavy atom. The lowest BCUT2D eigenvalue weighted by molar-refractivity contribution is 0.0696. The van der Waals surface area contributed by atoms with Crippen LogP contribution in [0.2, 0.25) is 0 Å². The van der Waals surface area contributed by atoms with Crippen molar-refractivity contribution in [1.82, 2.24) is 14.1 Å². The molecule has 176 valence electrons. The molecule has 0 radical (unpaired) electrons. The molecule has 0 fully saturated rings. The van der Waals surface area contributed by atoms with Crippen molar-refractivity contribution in [2.45, 2.75) is 11.5 Å². The summed E-state index contributed by atoms with van der Waals surface area (Å²) >= 11 is 1.47. The van der Waals surface area contributed by atoms with Crippen LogP contribution in [0.25, 0.3) is 0 Å². The molecule has 0 aliphatic carbocycles. The van der Waals surface area contributed by atoms with Crippen LogP contribution in [0, 0.1) is 0 Å². The number of hydrogen-bond acceptors (Lipinski definition) is 7. The van der Waals surface area contributed by atoms with Crippen LogP contribution in [-0.2, 0) is 6.61 Å². The zero-order chi connectivity index (χ0) is 23.7. The highest BCUT2D eigenvalue weighted by Crippen LogP contribution is 2.41. The zero-order valence-electron chi connectivity index (χ0n) is 20.0. The minimum Gasteiger partial charge on any atom is -0.485 e. The van der Waals surface area contributed by atoms with Crippen molar-refractivity contribution >= 4 is 23.6 Å². The van der Waals surface area contributed by atoms with E-state index in [0.29, 0.717) is 6.61 Å². The molecule has 0 aliphatic rings. The fourth-order valence-corrected chi connectivity index (χ4v) is 3.90. The minimum absolute atomic E-state index is 0.260. The summed E-state index contributed by atoms with van der Waals surface area (Å²) in [5, 5.41) is 9.79. The quantitative estimate of drug-likeness (QED) is 0.456. The van der Waals surface area contributed by atoms with Gasteiger partial charge >= 0.3 is 5.97 Å². The van der Waals surface area contributed by atoms with Crippen molar-refractivity contribution in [3.05, 3.63) is 53.6 Å². The highest BCUT2D eigenvalue weighted by molar-refractivity contribution is 7.97. The molecule has 1 N–H and O–H groups in total. The Labute approximate surface area is 196 Å². The highest BCUT2D eigenvalue weighted by atomic mass is 32.2. The van der Waals surface area contributed by atoms with E-state index in [1.54, 1.807) is 12.1 Å². The van der Waals surface area contributed by atoms with E-state index in [-0.39, 0.29) is 5.56 Å². The van der Waals surface area contributed by atoms with Gasteiger partial charge in [-0.25, -0.2) is 4.79 Å². The molecule has 0 saturated carbocycles. The molecule has 0 atom stereocenters. The van der Waals surface area contributed by atoms with Crippen molar-refractivity contribution in [1.29, 1.82) is 0 Å². The van der Waals surface area contributed by atoms with Crippen LogP contribution in [0.3, 0.4) is 0 Å². The Hall–Kier alpha value is -2.26. The number of nitrogens with zero attached hydrogens (tertiary/aromatic N) is 4. The van der Waals surface area contributed by atoms with Gasteiger partial charge in [-0.3, -0.25) is 4.31 Å². The summed E-state index contributed by atoms with van der Waals surface area (Å²) in [7, 11) is 12.0. The summed E-state index contributed by atoms with van der Waals surface area (Å²) in [4.78, 5) is 19.2. The van der Waals surface area contributed by atoms with E-state index in [9.17, 15) is 9.90 Å². The average Bonchev–Trinajstić information content (AvgIpc) is 2.72. The number of carboxylic acid groups (broad SMARTS) is 1. The molecule has 8 heteroatoms. The second kappa shape index (κ2) is 12.7. The third-order valence-electron chi connectivity index (χ3n) is 4.76. The van der Waals surface area contributed by atoms with E-state index in [2.05, 4.69) is 14.7 Å². The molecule has 0 spiro atoms. The van der Waals surface area contributed by atoms with Gasteiger partial charge in [0.25, 0.3) is 0 Å². The van der Waals surface area contributed by atoms with Gasteiger partial charge in [-0.2, -0.15) is 0 Å². The van der Waals surface area contributed by atoms with Crippen LogP contribution >= 0.6 is 11.9 Å². The third kappa shape index (κ3) is 8.35. The first kappa shape index (κ1) is 26.0. The second-order valence-corrected chi connectivity index (χ2v) is 9.75. The molecule has 0 unspecified atom stereocenters. The van der Waals surface area contributed by atoms with Gasteiger partial charge in [0.1, 0.15) is 6.61 Å². The number of hydrogen-bond donors (Lipinski definition) is 1. The molecular formula is C24H36N4O3S. The maximum absolute atomic E-state index is 11.9. The molecule has 0 bridgehead atoms. The van der Waals surface area contributed by atoms with Crippen molar-refractivity contribution in [2.75, 3.05) is 73.4 Å². The minimum atomic E-state index is -0.943. The van der Waals surface area contributed by atoms with Crippen molar-refractivity contribution in [2.24, 2.45) is 0 Å². The summed E-state index contributed by atoms with van der Waals surface area (Å²) < 4.78 is 8.32. The lowest BCUT2D eigenvalue weighted by atomic mass is 10.1. The first-order valence-electron chi connectivity index (χ1n) is 10.6. The SMILES string of the molecule is CN(C)CCN(CCN(C)C)c1cc(C(=O)O)cc(SN(C)C)c1OCc1ccccc1. The Kier molecular flexibility index (Phi) is 10.3. The van der Waals surface area contributed by atoms with Gasteiger partial charge in [-0.1, -0.05) is 30.3 Å². The van der Waals surface area contributed by atoms with Gasteiger partial charge in [0, 0.05) is 26.2 Å². The molecule has 0 amide bonds. The fraction of sp³-hybridized carbons (Fsp3) is 0.458. The first-order valence-corrected chi connectivity index (χ1v) is 11.4. The molecule has 0 aromatic heterocycles. The van der Waals surface area contributed by atoms with Crippen molar-refractivity contribution in [3.8, 4) is 5.75 Å². The Morgan fingerprint density at radius 1 is 0.906 bits per heavy atom. The van der Waals surface area contributed by atoms with Crippen molar-refractivity contribution < 1.29 is 14.6 Å². The van der Waals surface area contributed by atoms with Gasteiger partial charge in [-0.15, -0.1) is 0 Å². The fourth-order valence-electron chi connectivity index (χ4n) is 3.08. The number of likely N-dealkylation sites (N-methyl/N-ethyl adjacent to an activating group) is 2. The predicted molar refractivity (Wildman–Crippen MR) is 133 cm³/mol. The second-order valence-electron chi connectivity index (χ2n) is 8.40. The van der Waals surface area contributed by atoms with E-state index in [0.717, 1.165) is 48.1 Å². The highest BCUT2D eigenvalue weighted by Gasteiger charge is 2.22. The summed E-state index contributed by atoms with van der Waals surface area (Å²) in [6, 6.07) is 13.5. The van der Waals surface area contributed by atoms with Crippen LogP contribution in [0.5, 0.6) is 5.75 Å². The first-order chi connectivity index (χ1) is 15.2. The number of carboxylic acids is 1. The third-order valence-corrected chi connectivity index (χ3v) is 5.63. The van der Waals surface area contributed by atoms with Gasteiger partial charge in [0.15, 0.2) is 5.75 Å². The maximum atomic E-state index is 11.9. The number of aromatic carboxylic acids is 1. The monoisotopic (exact) mass is 460 g/mol. The molecule has 0 heterocycles. The molecular weight excluding hydrogens is 424 g/mol. The predicted octanol–water partition coefficient (Wildman–Crippen LogP) is 3.46. The van der Waals surface area contributed by atoms with E-state index in [4.69, 9.17) is 4.74 Å². The number of ether oxygens (including phenoxy) is 1. The molecule has 0 aliphatic heterocycles. The van der Waals surface area contributed by atoms with Crippen LogP contribution in [-0.4, -0.2) is 93.6 Å². The topological polar surface area (TPSA) is 59.5 Å². The average molecular weight is 461 g/mol. The van der Waals surface area contributed by atoms with E-state index in [1.807, 2.05) is 76.9 Å². The van der Waals surface area contributed by atoms with Crippen LogP contribution in [0.1, 0.15) is 15.9 Å². The van der Waals surface area contributed by atoms with E-state index in [1.165, 1.54) is 11.9 Å². The zero-order valence-corrected chi connectivity index (χ0v) is 20.9. The van der Waals surface area contributed by atoms with Crippen LogP contribution in [0.15, 0.2) is 47.4 Å². The van der Waals surface area contributed by atoms with Gasteiger partial charge in [0.05, 0.1) is 16.1 Å². The summed E-state index contributed by atoms with van der Waals surface area (Å²) in [6.07, 6.45) is 0.